The monoisotopic (exact) mass is 221 g/mol. The van der Waals surface area contributed by atoms with Crippen molar-refractivity contribution >= 4 is 0 Å². The van der Waals surface area contributed by atoms with Crippen LogP contribution in [0, 0.1) is 11.8 Å². The topological polar surface area (TPSA) is 53.7 Å². The lowest BCUT2D eigenvalue weighted by Crippen LogP contribution is -2.01. The van der Waals surface area contributed by atoms with Gasteiger partial charge in [0.1, 0.15) is 11.5 Å². The van der Waals surface area contributed by atoms with Crippen molar-refractivity contribution in [2.45, 2.75) is 0 Å². The maximum Gasteiger partial charge on any atom is 0.188 e. The van der Waals surface area contributed by atoms with Crippen LogP contribution in [-0.4, -0.2) is 27.6 Å². The molecule has 1 aromatic rings. The Balaban J connectivity index is 2.96. The van der Waals surface area contributed by atoms with Crippen molar-refractivity contribution in [2.24, 2.45) is 5.73 Å². The molecular weight excluding hydrogens is 206 g/mol. The Kier molecular flexibility index (Phi) is 5.20. The number of hydrogen-bond donors (Lipinski definition) is 1. The summed E-state index contributed by atoms with van der Waals surface area (Å²) >= 11 is 0. The highest BCUT2D eigenvalue weighted by atomic mass is 16.7. The molecule has 0 aliphatic carbocycles. The molecule has 2 N–H and O–H groups in total. The lowest BCUT2D eigenvalue weighted by Gasteiger charge is -2.08. The largest absolute Gasteiger partial charge is 0.497 e. The molecule has 0 spiro atoms. The first kappa shape index (κ1) is 12.4. The first-order valence-corrected chi connectivity index (χ1v) is 4.80. The fraction of sp³-hybridized carbons (Fsp3) is 0.333. The van der Waals surface area contributed by atoms with Crippen molar-refractivity contribution in [3.8, 4) is 23.3 Å². The number of methoxy groups -OCH3 is 2. The lowest BCUT2D eigenvalue weighted by atomic mass is 10.2. The van der Waals surface area contributed by atoms with Crippen molar-refractivity contribution < 1.29 is 14.2 Å². The van der Waals surface area contributed by atoms with E-state index in [1.54, 1.807) is 32.4 Å². The lowest BCUT2D eigenvalue weighted by molar-refractivity contribution is 0.0509. The molecule has 1 aromatic carbocycles. The van der Waals surface area contributed by atoms with E-state index < -0.39 is 0 Å². The average molecular weight is 221 g/mol. The second-order valence-corrected chi connectivity index (χ2v) is 2.92. The third-order valence-corrected chi connectivity index (χ3v) is 1.84. The molecule has 0 unspecified atom stereocenters. The van der Waals surface area contributed by atoms with E-state index >= 15 is 0 Å². The van der Waals surface area contributed by atoms with E-state index in [0.29, 0.717) is 12.3 Å². The first-order chi connectivity index (χ1) is 7.81. The summed E-state index contributed by atoms with van der Waals surface area (Å²) < 4.78 is 15.3. The van der Waals surface area contributed by atoms with Gasteiger partial charge in [-0.1, -0.05) is 11.8 Å². The quantitative estimate of drug-likeness (QED) is 0.608. The van der Waals surface area contributed by atoms with Crippen LogP contribution in [-0.2, 0) is 4.74 Å². The minimum atomic E-state index is 0.184. The van der Waals surface area contributed by atoms with Crippen LogP contribution in [0.3, 0.4) is 0 Å². The zero-order valence-corrected chi connectivity index (χ0v) is 9.45. The van der Waals surface area contributed by atoms with Crippen LogP contribution in [0.2, 0.25) is 0 Å². The summed E-state index contributed by atoms with van der Waals surface area (Å²) in [5, 5.41) is 0. The molecule has 4 heteroatoms. The van der Waals surface area contributed by atoms with Crippen LogP contribution < -0.4 is 15.2 Å². The summed E-state index contributed by atoms with van der Waals surface area (Å²) in [4.78, 5) is 0. The van der Waals surface area contributed by atoms with Crippen LogP contribution in [0.25, 0.3) is 0 Å². The van der Waals surface area contributed by atoms with Gasteiger partial charge in [-0.05, 0) is 18.2 Å². The van der Waals surface area contributed by atoms with E-state index in [9.17, 15) is 0 Å². The van der Waals surface area contributed by atoms with Gasteiger partial charge in [0.25, 0.3) is 0 Å². The SMILES string of the molecule is COCOc1ccc(OC)cc1C#CCN. The van der Waals surface area contributed by atoms with E-state index in [1.807, 2.05) is 0 Å². The van der Waals surface area contributed by atoms with Gasteiger partial charge < -0.3 is 19.9 Å². The van der Waals surface area contributed by atoms with Gasteiger partial charge in [0.15, 0.2) is 6.79 Å². The van der Waals surface area contributed by atoms with Gasteiger partial charge in [-0.25, -0.2) is 0 Å². The minimum absolute atomic E-state index is 0.184. The highest BCUT2D eigenvalue weighted by molar-refractivity contribution is 5.50. The van der Waals surface area contributed by atoms with Crippen LogP contribution in [0.15, 0.2) is 18.2 Å². The Morgan fingerprint density at radius 2 is 2.12 bits per heavy atom. The summed E-state index contributed by atoms with van der Waals surface area (Å²) in [6.45, 7) is 0.491. The van der Waals surface area contributed by atoms with Crippen molar-refractivity contribution in [3.63, 3.8) is 0 Å². The summed E-state index contributed by atoms with van der Waals surface area (Å²) in [5.74, 6) is 7.08. The molecular formula is C12H15NO3. The van der Waals surface area contributed by atoms with Crippen LogP contribution in [0.4, 0.5) is 0 Å². The van der Waals surface area contributed by atoms with Crippen LogP contribution >= 0.6 is 0 Å². The normalized spacial score (nSPS) is 9.19. The molecule has 0 bridgehead atoms. The van der Waals surface area contributed by atoms with Gasteiger partial charge in [-0.15, -0.1) is 0 Å². The van der Waals surface area contributed by atoms with Gasteiger partial charge >= 0.3 is 0 Å². The van der Waals surface area contributed by atoms with Crippen LogP contribution in [0.5, 0.6) is 11.5 Å². The standard InChI is InChI=1S/C12H15NO3/c1-14-9-16-12-6-5-11(15-2)8-10(12)4-3-7-13/h5-6,8H,7,9,13H2,1-2H3. The summed E-state index contributed by atoms with van der Waals surface area (Å²) in [5.41, 5.74) is 6.06. The zero-order chi connectivity index (χ0) is 11.8. The second kappa shape index (κ2) is 6.72. The maximum atomic E-state index is 5.36. The molecule has 0 aliphatic heterocycles. The Bertz CT molecular complexity index is 393. The molecule has 0 heterocycles. The summed E-state index contributed by atoms with van der Waals surface area (Å²) in [7, 11) is 3.17. The number of nitrogens with two attached hydrogens (primary N) is 1. The predicted octanol–water partition coefficient (Wildman–Crippen LogP) is 0.988. The third-order valence-electron chi connectivity index (χ3n) is 1.84. The molecule has 0 fully saturated rings. The van der Waals surface area contributed by atoms with Crippen molar-refractivity contribution in [1.82, 2.24) is 0 Å². The second-order valence-electron chi connectivity index (χ2n) is 2.92. The molecule has 4 nitrogen and oxygen atoms in total. The van der Waals surface area contributed by atoms with Crippen molar-refractivity contribution in [1.29, 1.82) is 0 Å². The van der Waals surface area contributed by atoms with E-state index in [1.165, 1.54) is 0 Å². The van der Waals surface area contributed by atoms with Crippen molar-refractivity contribution in [3.05, 3.63) is 23.8 Å². The zero-order valence-electron chi connectivity index (χ0n) is 9.45. The van der Waals surface area contributed by atoms with E-state index in [2.05, 4.69) is 11.8 Å². The van der Waals surface area contributed by atoms with Crippen LogP contribution in [0.1, 0.15) is 5.56 Å². The molecule has 0 aromatic heterocycles. The first-order valence-electron chi connectivity index (χ1n) is 4.80. The van der Waals surface area contributed by atoms with Crippen molar-refractivity contribution in [2.75, 3.05) is 27.6 Å². The smallest absolute Gasteiger partial charge is 0.188 e. The number of ether oxygens (including phenoxy) is 3. The van der Waals surface area contributed by atoms with E-state index in [4.69, 9.17) is 19.9 Å². The summed E-state index contributed by atoms with van der Waals surface area (Å²) in [6, 6.07) is 5.39. The Morgan fingerprint density at radius 1 is 1.31 bits per heavy atom. The molecule has 0 radical (unpaired) electrons. The fourth-order valence-corrected chi connectivity index (χ4v) is 1.13. The van der Waals surface area contributed by atoms with Gasteiger partial charge in [0, 0.05) is 7.11 Å². The third kappa shape index (κ3) is 3.46. The molecule has 0 saturated heterocycles. The highest BCUT2D eigenvalue weighted by Gasteiger charge is 2.03. The predicted molar refractivity (Wildman–Crippen MR) is 61.4 cm³/mol. The van der Waals surface area contributed by atoms with Gasteiger partial charge in [-0.3, -0.25) is 0 Å². The van der Waals surface area contributed by atoms with Gasteiger partial charge in [0.2, 0.25) is 0 Å². The Hall–Kier alpha value is -1.70. The fourth-order valence-electron chi connectivity index (χ4n) is 1.13. The Labute approximate surface area is 95.3 Å². The van der Waals surface area contributed by atoms with Gasteiger partial charge in [0.05, 0.1) is 19.2 Å². The number of rotatable bonds is 4. The minimum Gasteiger partial charge on any atom is -0.497 e. The highest BCUT2D eigenvalue weighted by Crippen LogP contribution is 2.23. The maximum absolute atomic E-state index is 5.36. The van der Waals surface area contributed by atoms with Gasteiger partial charge in [-0.2, -0.15) is 0 Å². The molecule has 0 saturated carbocycles. The molecule has 0 amide bonds. The average Bonchev–Trinajstić information content (AvgIpc) is 2.34. The number of hydrogen-bond acceptors (Lipinski definition) is 4. The van der Waals surface area contributed by atoms with E-state index in [-0.39, 0.29) is 6.79 Å². The summed E-state index contributed by atoms with van der Waals surface area (Å²) in [6.07, 6.45) is 0. The van der Waals surface area contributed by atoms with E-state index in [0.717, 1.165) is 11.3 Å². The molecule has 1 rings (SSSR count). The molecule has 16 heavy (non-hydrogen) atoms. The molecule has 86 valence electrons. The molecule has 0 aliphatic rings. The Morgan fingerprint density at radius 3 is 2.75 bits per heavy atom. The number of benzene rings is 1. The molecule has 0 atom stereocenters.